The van der Waals surface area contributed by atoms with Crippen molar-refractivity contribution in [1.29, 1.82) is 0 Å². The van der Waals surface area contributed by atoms with Gasteiger partial charge in [-0.2, -0.15) is 0 Å². The van der Waals surface area contributed by atoms with Crippen molar-refractivity contribution in [2.45, 2.75) is 0 Å². The van der Waals surface area contributed by atoms with Gasteiger partial charge in [0.25, 0.3) is 0 Å². The number of hydrogen-bond acceptors (Lipinski definition) is 2. The maximum atomic E-state index is 2.47. The summed E-state index contributed by atoms with van der Waals surface area (Å²) < 4.78 is 2.59. The molecule has 0 fully saturated rings. The Bertz CT molecular complexity index is 2830. The Balaban J connectivity index is 1.19. The molecule has 1 nitrogen and oxygen atoms in total. The smallest absolute Gasteiger partial charge is 0.179 e. The zero-order valence-corrected chi connectivity index (χ0v) is 33.2. The average Bonchev–Trinajstić information content (AvgIpc) is 3.66. The second-order valence-electron chi connectivity index (χ2n) is 14.5. The minimum absolute atomic E-state index is 1.11. The van der Waals surface area contributed by atoms with Crippen LogP contribution in [-0.4, -0.2) is 8.07 Å². The molecule has 1 aromatic heterocycles. The van der Waals surface area contributed by atoms with Crippen molar-refractivity contribution in [3.05, 3.63) is 237 Å². The minimum atomic E-state index is -2.76. The molecule has 0 unspecified atom stereocenters. The summed E-state index contributed by atoms with van der Waals surface area (Å²) in [6, 6.07) is 87.2. The Hall–Kier alpha value is -6.78. The molecule has 3 heteroatoms. The van der Waals surface area contributed by atoms with Crippen LogP contribution in [0.15, 0.2) is 237 Å². The van der Waals surface area contributed by atoms with Crippen molar-refractivity contribution < 1.29 is 0 Å². The molecular weight excluding hydrogens is 723 g/mol. The summed E-state index contributed by atoms with van der Waals surface area (Å²) in [6.45, 7) is 0. The normalized spacial score (nSPS) is 11.5. The lowest BCUT2D eigenvalue weighted by molar-refractivity contribution is 1.29. The summed E-state index contributed by atoms with van der Waals surface area (Å²) in [4.78, 5) is 2.45. The van der Waals surface area contributed by atoms with Crippen molar-refractivity contribution >= 4 is 77.4 Å². The predicted octanol–water partition coefficient (Wildman–Crippen LogP) is 12.2. The van der Waals surface area contributed by atoms with Gasteiger partial charge in [-0.3, -0.25) is 0 Å². The van der Waals surface area contributed by atoms with E-state index in [2.05, 4.69) is 241 Å². The van der Waals surface area contributed by atoms with Gasteiger partial charge in [0, 0.05) is 37.2 Å². The standard InChI is InChI=1S/C54H39NSSi/c1-6-17-40(18-7-1)42-29-32-44(33-30-42)55(46-34-36-54-52(39-46)51-37-43(31-35-53(51)56-54)41-19-8-2-9-20-41)45-21-16-28-50(38-45)57(47-22-10-3-11-23-47,48-24-12-4-13-25-48)49-26-14-5-15-27-49/h1-39H. The van der Waals surface area contributed by atoms with E-state index in [0.717, 1.165) is 17.1 Å². The largest absolute Gasteiger partial charge is 0.310 e. The van der Waals surface area contributed by atoms with Crippen LogP contribution in [0.3, 0.4) is 0 Å². The number of anilines is 3. The summed E-state index contributed by atoms with van der Waals surface area (Å²) in [6.07, 6.45) is 0. The van der Waals surface area contributed by atoms with Crippen molar-refractivity contribution in [2.75, 3.05) is 4.90 Å². The van der Waals surface area contributed by atoms with E-state index in [1.807, 2.05) is 11.3 Å². The highest BCUT2D eigenvalue weighted by molar-refractivity contribution is 7.25. The van der Waals surface area contributed by atoms with Crippen LogP contribution in [0.25, 0.3) is 42.4 Å². The van der Waals surface area contributed by atoms with E-state index in [1.54, 1.807) is 0 Å². The lowest BCUT2D eigenvalue weighted by Crippen LogP contribution is -2.74. The van der Waals surface area contributed by atoms with E-state index < -0.39 is 8.07 Å². The van der Waals surface area contributed by atoms with Crippen LogP contribution in [0, 0.1) is 0 Å². The van der Waals surface area contributed by atoms with Crippen LogP contribution in [0.5, 0.6) is 0 Å². The van der Waals surface area contributed by atoms with Crippen molar-refractivity contribution in [1.82, 2.24) is 0 Å². The van der Waals surface area contributed by atoms with Crippen LogP contribution in [-0.2, 0) is 0 Å². The van der Waals surface area contributed by atoms with Crippen molar-refractivity contribution in [3.8, 4) is 22.3 Å². The second kappa shape index (κ2) is 15.0. The molecule has 10 rings (SSSR count). The van der Waals surface area contributed by atoms with Crippen LogP contribution in [0.4, 0.5) is 17.1 Å². The predicted molar refractivity (Wildman–Crippen MR) is 249 cm³/mol. The van der Waals surface area contributed by atoms with Gasteiger partial charge >= 0.3 is 0 Å². The first-order valence-corrected chi connectivity index (χ1v) is 22.3. The topological polar surface area (TPSA) is 3.24 Å². The third kappa shape index (κ3) is 6.37. The molecule has 0 saturated heterocycles. The summed E-state index contributed by atoms with van der Waals surface area (Å²) in [5.41, 5.74) is 8.24. The van der Waals surface area contributed by atoms with Gasteiger partial charge in [-0.1, -0.05) is 182 Å². The van der Waals surface area contributed by atoms with E-state index in [-0.39, 0.29) is 0 Å². The van der Waals surface area contributed by atoms with E-state index in [9.17, 15) is 0 Å². The van der Waals surface area contributed by atoms with Crippen LogP contribution in [0.1, 0.15) is 0 Å². The van der Waals surface area contributed by atoms with Gasteiger partial charge in [0.15, 0.2) is 8.07 Å². The molecule has 0 amide bonds. The molecule has 9 aromatic carbocycles. The molecule has 0 saturated carbocycles. The molecule has 0 spiro atoms. The van der Waals surface area contributed by atoms with Gasteiger partial charge in [-0.25, -0.2) is 0 Å². The van der Waals surface area contributed by atoms with E-state index in [1.165, 1.54) is 63.2 Å². The van der Waals surface area contributed by atoms with Gasteiger partial charge in [0.05, 0.1) is 0 Å². The second-order valence-corrected chi connectivity index (χ2v) is 19.4. The van der Waals surface area contributed by atoms with Crippen LogP contribution in [0.2, 0.25) is 0 Å². The van der Waals surface area contributed by atoms with E-state index in [0.29, 0.717) is 0 Å². The summed E-state index contributed by atoms with van der Waals surface area (Å²) in [5.74, 6) is 0. The van der Waals surface area contributed by atoms with Crippen LogP contribution >= 0.6 is 11.3 Å². The summed E-state index contributed by atoms with van der Waals surface area (Å²) >= 11 is 1.86. The van der Waals surface area contributed by atoms with Gasteiger partial charge in [0.1, 0.15) is 0 Å². The van der Waals surface area contributed by atoms with Gasteiger partial charge in [-0.05, 0) is 97.6 Å². The third-order valence-corrected chi connectivity index (χ3v) is 17.1. The lowest BCUT2D eigenvalue weighted by atomic mass is 10.0. The van der Waals surface area contributed by atoms with Crippen LogP contribution < -0.4 is 25.6 Å². The Morgan fingerprint density at radius 2 is 0.684 bits per heavy atom. The molecule has 0 aliphatic rings. The fraction of sp³-hybridized carbons (Fsp3) is 0. The molecule has 270 valence electrons. The molecule has 57 heavy (non-hydrogen) atoms. The Morgan fingerprint density at radius 1 is 0.281 bits per heavy atom. The lowest BCUT2D eigenvalue weighted by Gasteiger charge is -2.35. The number of fused-ring (bicyclic) bond motifs is 3. The molecule has 0 atom stereocenters. The number of hydrogen-bond donors (Lipinski definition) is 0. The first kappa shape index (κ1) is 34.7. The quantitative estimate of drug-likeness (QED) is 0.105. The number of nitrogens with zero attached hydrogens (tertiary/aromatic N) is 1. The molecule has 0 bridgehead atoms. The summed E-state index contributed by atoms with van der Waals surface area (Å²) in [5, 5.41) is 7.98. The molecule has 0 N–H and O–H groups in total. The van der Waals surface area contributed by atoms with E-state index in [4.69, 9.17) is 0 Å². The van der Waals surface area contributed by atoms with Gasteiger partial charge < -0.3 is 4.90 Å². The van der Waals surface area contributed by atoms with E-state index >= 15 is 0 Å². The maximum Gasteiger partial charge on any atom is 0.179 e. The highest BCUT2D eigenvalue weighted by atomic mass is 32.1. The highest BCUT2D eigenvalue weighted by Crippen LogP contribution is 2.42. The Labute approximate surface area is 339 Å². The average molecular weight is 762 g/mol. The monoisotopic (exact) mass is 761 g/mol. The molecule has 10 aromatic rings. The third-order valence-electron chi connectivity index (χ3n) is 11.2. The SMILES string of the molecule is c1ccc(-c2ccc(N(c3cccc([Si](c4ccccc4)(c4ccccc4)c4ccccc4)c3)c3ccc4sc5ccc(-c6ccccc6)cc5c4c3)cc2)cc1. The molecule has 0 radical (unpaired) electrons. The molecule has 0 aliphatic carbocycles. The maximum absolute atomic E-state index is 2.76. The van der Waals surface area contributed by atoms with Gasteiger partial charge in [0.2, 0.25) is 0 Å². The highest BCUT2D eigenvalue weighted by Gasteiger charge is 2.41. The van der Waals surface area contributed by atoms with Crippen molar-refractivity contribution in [2.24, 2.45) is 0 Å². The van der Waals surface area contributed by atoms with Crippen molar-refractivity contribution in [3.63, 3.8) is 0 Å². The first-order valence-electron chi connectivity index (χ1n) is 19.5. The minimum Gasteiger partial charge on any atom is -0.310 e. The molecular formula is C54H39NSSi. The molecule has 1 heterocycles. The fourth-order valence-corrected chi connectivity index (χ4v) is 14.4. The summed E-state index contributed by atoms with van der Waals surface area (Å²) in [7, 11) is -2.76. The van der Waals surface area contributed by atoms with Gasteiger partial charge in [-0.15, -0.1) is 11.3 Å². The number of thiophene rings is 1. The number of benzene rings is 9. The zero-order chi connectivity index (χ0) is 38.0. The number of rotatable bonds is 9. The molecule has 0 aliphatic heterocycles. The zero-order valence-electron chi connectivity index (χ0n) is 31.4. The Morgan fingerprint density at radius 3 is 1.25 bits per heavy atom. The first-order chi connectivity index (χ1) is 28.3. The Kier molecular flexibility index (Phi) is 9.15. The fourth-order valence-electron chi connectivity index (χ4n) is 8.54.